The Hall–Kier alpha value is -0.820. The summed E-state index contributed by atoms with van der Waals surface area (Å²) in [5.74, 6) is -9.81. The minimum Gasteiger partial charge on any atom is -0.378 e. The van der Waals surface area contributed by atoms with Crippen LogP contribution in [-0.4, -0.2) is 18.6 Å². The zero-order valence-electron chi connectivity index (χ0n) is 13.4. The Morgan fingerprint density at radius 3 is 2.12 bits per heavy atom. The molecule has 0 amide bonds. The molecule has 7 heteroatoms. The highest BCUT2D eigenvalue weighted by atomic mass is 32.2. The van der Waals surface area contributed by atoms with E-state index in [1.54, 1.807) is 0 Å². The van der Waals surface area contributed by atoms with Gasteiger partial charge in [-0.05, 0) is 44.2 Å². The van der Waals surface area contributed by atoms with Gasteiger partial charge in [0.25, 0.3) is 0 Å². The highest BCUT2D eigenvalue weighted by Gasteiger charge is 2.61. The van der Waals surface area contributed by atoms with Crippen molar-refractivity contribution < 1.29 is 26.2 Å². The summed E-state index contributed by atoms with van der Waals surface area (Å²) in [6.45, 7) is 2.51. The number of halogens is 5. The Labute approximate surface area is 143 Å². The predicted molar refractivity (Wildman–Crippen MR) is 84.2 cm³/mol. The van der Waals surface area contributed by atoms with Gasteiger partial charge in [0.1, 0.15) is 0 Å². The van der Waals surface area contributed by atoms with Gasteiger partial charge in [-0.15, -0.1) is 0 Å². The minimum atomic E-state index is -4.28. The molecular formula is C17H21F5OS. The fourth-order valence-electron chi connectivity index (χ4n) is 3.04. The Morgan fingerprint density at radius 1 is 1.04 bits per heavy atom. The van der Waals surface area contributed by atoms with Gasteiger partial charge in [-0.1, -0.05) is 19.1 Å². The van der Waals surface area contributed by atoms with E-state index in [2.05, 4.69) is 0 Å². The van der Waals surface area contributed by atoms with Crippen molar-refractivity contribution in [1.82, 2.24) is 0 Å². The lowest BCUT2D eigenvalue weighted by Crippen LogP contribution is -2.46. The Balaban J connectivity index is 2.07. The normalized spacial score (nSPS) is 22.6. The molecule has 1 fully saturated rings. The summed E-state index contributed by atoms with van der Waals surface area (Å²) in [7, 11) is 0. The molecule has 0 saturated heterocycles. The molecular weight excluding hydrogens is 347 g/mol. The van der Waals surface area contributed by atoms with E-state index in [1.807, 2.05) is 6.92 Å². The summed E-state index contributed by atoms with van der Waals surface area (Å²) in [5.41, 5.74) is -0.783. The zero-order chi connectivity index (χ0) is 17.8. The number of hydrogen-bond donors (Lipinski definition) is 0. The third-order valence-corrected chi connectivity index (χ3v) is 4.92. The number of ether oxygens (including phenoxy) is 1. The van der Waals surface area contributed by atoms with Gasteiger partial charge in [0.2, 0.25) is 0 Å². The van der Waals surface area contributed by atoms with E-state index in [-0.39, 0.29) is 36.0 Å². The topological polar surface area (TPSA) is 9.23 Å². The first-order valence-corrected chi connectivity index (χ1v) is 8.81. The Morgan fingerprint density at radius 2 is 1.62 bits per heavy atom. The zero-order valence-corrected chi connectivity index (χ0v) is 14.2. The Kier molecular flexibility index (Phi) is 6.53. The molecule has 1 aromatic rings. The molecule has 1 nitrogen and oxygen atoms in total. The van der Waals surface area contributed by atoms with Crippen LogP contribution in [0.25, 0.3) is 0 Å². The summed E-state index contributed by atoms with van der Waals surface area (Å²) in [6, 6.07) is 3.90. The van der Waals surface area contributed by atoms with E-state index < -0.39 is 23.3 Å². The van der Waals surface area contributed by atoms with Crippen LogP contribution in [0, 0.1) is 5.92 Å². The van der Waals surface area contributed by atoms with Crippen molar-refractivity contribution in [3.05, 3.63) is 29.8 Å². The fourth-order valence-corrected chi connectivity index (χ4v) is 3.28. The molecule has 0 unspecified atom stereocenters. The number of alkyl halides is 4. The SMILES string of the molecule is CCCOC1CCC(C(F)(F)C(F)(F)c2ccc(SF)cc2)CC1. The molecule has 0 heterocycles. The van der Waals surface area contributed by atoms with Crippen LogP contribution in [0.5, 0.6) is 0 Å². The number of hydrogen-bond acceptors (Lipinski definition) is 2. The quantitative estimate of drug-likeness (QED) is 0.517. The second-order valence-corrected chi connectivity index (χ2v) is 6.77. The van der Waals surface area contributed by atoms with Crippen LogP contribution in [0.2, 0.25) is 0 Å². The first-order valence-electron chi connectivity index (χ1n) is 8.09. The first kappa shape index (κ1) is 19.5. The fraction of sp³-hybridized carbons (Fsp3) is 0.647. The first-order chi connectivity index (χ1) is 11.3. The van der Waals surface area contributed by atoms with Crippen molar-refractivity contribution >= 4 is 12.1 Å². The highest BCUT2D eigenvalue weighted by molar-refractivity contribution is 7.94. The maximum Gasteiger partial charge on any atom is 0.335 e. The van der Waals surface area contributed by atoms with E-state index in [1.165, 1.54) is 0 Å². The van der Waals surface area contributed by atoms with Gasteiger partial charge in [-0.2, -0.15) is 21.4 Å². The van der Waals surface area contributed by atoms with Crippen LogP contribution in [-0.2, 0) is 10.7 Å². The molecule has 136 valence electrons. The van der Waals surface area contributed by atoms with Crippen molar-refractivity contribution in [3.8, 4) is 0 Å². The maximum atomic E-state index is 14.5. The van der Waals surface area contributed by atoms with Gasteiger partial charge >= 0.3 is 11.8 Å². The molecule has 0 N–H and O–H groups in total. The van der Waals surface area contributed by atoms with Crippen LogP contribution in [0.3, 0.4) is 0 Å². The molecule has 0 radical (unpaired) electrons. The summed E-state index contributed by atoms with van der Waals surface area (Å²) in [4.78, 5) is 0.103. The standard InChI is InChI=1S/C17H21F5OS/c1-2-11-23-14-7-3-12(4-8-14)16(18,19)17(20,21)13-5-9-15(24-22)10-6-13/h5-6,9-10,12,14H,2-4,7-8,11H2,1H3. The maximum absolute atomic E-state index is 14.5. The van der Waals surface area contributed by atoms with Crippen LogP contribution in [0.4, 0.5) is 21.4 Å². The largest absolute Gasteiger partial charge is 0.378 e. The van der Waals surface area contributed by atoms with Crippen molar-refractivity contribution in [1.29, 1.82) is 0 Å². The summed E-state index contributed by atoms with van der Waals surface area (Å²) < 4.78 is 75.6. The lowest BCUT2D eigenvalue weighted by atomic mass is 9.79. The van der Waals surface area contributed by atoms with E-state index in [0.29, 0.717) is 19.4 Å². The average molecular weight is 368 g/mol. The monoisotopic (exact) mass is 368 g/mol. The molecule has 1 aliphatic rings. The third-order valence-electron chi connectivity index (χ3n) is 4.47. The van der Waals surface area contributed by atoms with Crippen LogP contribution in [0.15, 0.2) is 29.2 Å². The Bertz CT molecular complexity index is 512. The second kappa shape index (κ2) is 8.04. The molecule has 1 saturated carbocycles. The van der Waals surface area contributed by atoms with Crippen LogP contribution >= 0.6 is 12.1 Å². The summed E-state index contributed by atoms with van der Waals surface area (Å²) in [6.07, 6.45) is 1.47. The molecule has 2 rings (SSSR count). The lowest BCUT2D eigenvalue weighted by Gasteiger charge is -2.37. The van der Waals surface area contributed by atoms with Crippen molar-refractivity contribution in [2.45, 2.75) is 61.9 Å². The van der Waals surface area contributed by atoms with Gasteiger partial charge in [0.15, 0.2) is 0 Å². The molecule has 24 heavy (non-hydrogen) atoms. The van der Waals surface area contributed by atoms with Gasteiger partial charge < -0.3 is 4.74 Å². The summed E-state index contributed by atoms with van der Waals surface area (Å²) in [5, 5.41) is 0. The molecule has 0 aliphatic heterocycles. The van der Waals surface area contributed by atoms with Gasteiger partial charge in [0.05, 0.1) is 18.3 Å². The van der Waals surface area contributed by atoms with E-state index in [4.69, 9.17) is 4.74 Å². The van der Waals surface area contributed by atoms with Gasteiger partial charge in [0, 0.05) is 23.0 Å². The molecule has 0 atom stereocenters. The molecule has 0 bridgehead atoms. The number of benzene rings is 1. The molecule has 0 aromatic heterocycles. The van der Waals surface area contributed by atoms with E-state index in [0.717, 1.165) is 30.7 Å². The summed E-state index contributed by atoms with van der Waals surface area (Å²) >= 11 is -0.116. The van der Waals surface area contributed by atoms with Crippen molar-refractivity contribution in [2.75, 3.05) is 6.61 Å². The third kappa shape index (κ3) is 4.04. The second-order valence-electron chi connectivity index (χ2n) is 6.14. The van der Waals surface area contributed by atoms with Crippen LogP contribution in [0.1, 0.15) is 44.6 Å². The van der Waals surface area contributed by atoms with Gasteiger partial charge in [-0.3, -0.25) is 0 Å². The average Bonchev–Trinajstić information content (AvgIpc) is 2.60. The lowest BCUT2D eigenvalue weighted by molar-refractivity contribution is -0.250. The molecule has 1 aromatic carbocycles. The van der Waals surface area contributed by atoms with E-state index >= 15 is 0 Å². The van der Waals surface area contributed by atoms with Crippen molar-refractivity contribution in [3.63, 3.8) is 0 Å². The number of rotatable bonds is 7. The minimum absolute atomic E-state index is 0.00931. The van der Waals surface area contributed by atoms with Gasteiger partial charge in [-0.25, -0.2) is 0 Å². The highest BCUT2D eigenvalue weighted by Crippen LogP contribution is 2.51. The molecule has 1 aliphatic carbocycles. The van der Waals surface area contributed by atoms with Crippen molar-refractivity contribution in [2.24, 2.45) is 5.92 Å². The smallest absolute Gasteiger partial charge is 0.335 e. The van der Waals surface area contributed by atoms with Crippen LogP contribution < -0.4 is 0 Å². The van der Waals surface area contributed by atoms with E-state index in [9.17, 15) is 21.4 Å². The molecule has 0 spiro atoms. The predicted octanol–water partition coefficient (Wildman–Crippen LogP) is 6.38.